The maximum absolute atomic E-state index is 12.5. The van der Waals surface area contributed by atoms with Crippen molar-refractivity contribution in [1.29, 1.82) is 0 Å². The Kier molecular flexibility index (Phi) is 6.60. The van der Waals surface area contributed by atoms with Gasteiger partial charge in [0.1, 0.15) is 4.90 Å². The normalized spacial score (nSPS) is 13.8. The molecule has 1 N–H and O–H groups in total. The zero-order valence-corrected chi connectivity index (χ0v) is 13.0. The van der Waals surface area contributed by atoms with Gasteiger partial charge in [-0.1, -0.05) is 6.92 Å². The highest BCUT2D eigenvalue weighted by atomic mass is 32.2. The summed E-state index contributed by atoms with van der Waals surface area (Å²) in [6.07, 6.45) is 3.38. The second-order valence-corrected chi connectivity index (χ2v) is 6.42. The van der Waals surface area contributed by atoms with Crippen molar-refractivity contribution in [2.75, 3.05) is 26.9 Å². The highest BCUT2D eigenvalue weighted by molar-refractivity contribution is 7.89. The summed E-state index contributed by atoms with van der Waals surface area (Å²) >= 11 is 0. The van der Waals surface area contributed by atoms with Gasteiger partial charge in [-0.3, -0.25) is 4.68 Å². The van der Waals surface area contributed by atoms with Crippen LogP contribution in [0.5, 0.6) is 0 Å². The minimum absolute atomic E-state index is 0.0495. The number of aryl methyl sites for hydroxylation is 1. The molecular formula is C12H23N3O4S. The van der Waals surface area contributed by atoms with E-state index in [0.29, 0.717) is 26.1 Å². The molecule has 0 bridgehead atoms. The molecule has 0 aromatic carbocycles. The van der Waals surface area contributed by atoms with Crippen LogP contribution in [-0.4, -0.2) is 60.5 Å². The van der Waals surface area contributed by atoms with Gasteiger partial charge < -0.3 is 9.84 Å². The molecule has 0 saturated carbocycles. The number of nitrogens with zero attached hydrogens (tertiary/aromatic N) is 3. The number of sulfonamides is 1. The molecule has 0 spiro atoms. The molecule has 0 aliphatic rings. The lowest BCUT2D eigenvalue weighted by Crippen LogP contribution is -2.40. The largest absolute Gasteiger partial charge is 0.396 e. The third-order valence-corrected chi connectivity index (χ3v) is 5.01. The molecule has 1 unspecified atom stereocenters. The molecule has 1 atom stereocenters. The molecule has 0 saturated heterocycles. The summed E-state index contributed by atoms with van der Waals surface area (Å²) in [6, 6.07) is -0.240. The maximum Gasteiger partial charge on any atom is 0.246 e. The van der Waals surface area contributed by atoms with Crippen LogP contribution < -0.4 is 0 Å². The van der Waals surface area contributed by atoms with Crippen molar-refractivity contribution in [1.82, 2.24) is 14.1 Å². The number of aromatic nitrogens is 2. The van der Waals surface area contributed by atoms with E-state index in [-0.39, 0.29) is 17.5 Å². The van der Waals surface area contributed by atoms with Crippen molar-refractivity contribution in [3.63, 3.8) is 0 Å². The van der Waals surface area contributed by atoms with Gasteiger partial charge in [0.15, 0.2) is 0 Å². The number of aliphatic hydroxyl groups is 1. The summed E-state index contributed by atoms with van der Waals surface area (Å²) in [6.45, 7) is 4.85. The second kappa shape index (κ2) is 7.72. The number of hydrogen-bond donors (Lipinski definition) is 1. The van der Waals surface area contributed by atoms with Gasteiger partial charge in [0, 0.05) is 39.0 Å². The number of aliphatic hydroxyl groups excluding tert-OH is 1. The topological polar surface area (TPSA) is 84.7 Å². The first-order chi connectivity index (χ1) is 9.47. The van der Waals surface area contributed by atoms with E-state index >= 15 is 0 Å². The third-order valence-electron chi connectivity index (χ3n) is 2.97. The van der Waals surface area contributed by atoms with Crippen LogP contribution in [0.3, 0.4) is 0 Å². The monoisotopic (exact) mass is 305 g/mol. The quantitative estimate of drug-likeness (QED) is 0.710. The SMILES string of the molecule is CCN(C(C)COC)S(=O)(=O)c1cnn(CCCO)c1. The Morgan fingerprint density at radius 3 is 2.80 bits per heavy atom. The highest BCUT2D eigenvalue weighted by Gasteiger charge is 2.28. The van der Waals surface area contributed by atoms with Crippen LogP contribution >= 0.6 is 0 Å². The summed E-state index contributed by atoms with van der Waals surface area (Å²) < 4.78 is 33.0. The summed E-state index contributed by atoms with van der Waals surface area (Å²) in [5, 5.41) is 12.8. The van der Waals surface area contributed by atoms with Crippen LogP contribution in [0.1, 0.15) is 20.3 Å². The average Bonchev–Trinajstić information content (AvgIpc) is 2.86. The molecule has 7 nitrogen and oxygen atoms in total. The lowest BCUT2D eigenvalue weighted by molar-refractivity contribution is 0.142. The number of ether oxygens (including phenoxy) is 1. The first-order valence-electron chi connectivity index (χ1n) is 6.61. The minimum Gasteiger partial charge on any atom is -0.396 e. The van der Waals surface area contributed by atoms with E-state index in [2.05, 4.69) is 5.10 Å². The number of hydrogen-bond acceptors (Lipinski definition) is 5. The molecular weight excluding hydrogens is 282 g/mol. The number of likely N-dealkylation sites (N-methyl/N-ethyl adjacent to an activating group) is 1. The van der Waals surface area contributed by atoms with E-state index < -0.39 is 10.0 Å². The Labute approximate surface area is 120 Å². The van der Waals surface area contributed by atoms with Gasteiger partial charge in [0.2, 0.25) is 10.0 Å². The molecule has 0 aliphatic carbocycles. The number of methoxy groups -OCH3 is 1. The molecule has 20 heavy (non-hydrogen) atoms. The van der Waals surface area contributed by atoms with Crippen molar-refractivity contribution >= 4 is 10.0 Å². The summed E-state index contributed by atoms with van der Waals surface area (Å²) in [5.41, 5.74) is 0. The fourth-order valence-corrected chi connectivity index (χ4v) is 3.59. The van der Waals surface area contributed by atoms with E-state index in [9.17, 15) is 8.42 Å². The van der Waals surface area contributed by atoms with Gasteiger partial charge >= 0.3 is 0 Å². The smallest absolute Gasteiger partial charge is 0.246 e. The van der Waals surface area contributed by atoms with Crippen LogP contribution in [-0.2, 0) is 21.3 Å². The van der Waals surface area contributed by atoms with E-state index in [4.69, 9.17) is 9.84 Å². The molecule has 1 heterocycles. The predicted octanol–water partition coefficient (Wildman–Crippen LogP) is 0.311. The lowest BCUT2D eigenvalue weighted by Gasteiger charge is -2.25. The van der Waals surface area contributed by atoms with Gasteiger partial charge in [-0.15, -0.1) is 0 Å². The van der Waals surface area contributed by atoms with Crippen LogP contribution in [0.25, 0.3) is 0 Å². The van der Waals surface area contributed by atoms with Crippen molar-refractivity contribution in [2.24, 2.45) is 0 Å². The fraction of sp³-hybridized carbons (Fsp3) is 0.750. The first-order valence-corrected chi connectivity index (χ1v) is 8.05. The molecule has 1 aromatic heterocycles. The van der Waals surface area contributed by atoms with Crippen molar-refractivity contribution < 1.29 is 18.3 Å². The Hall–Kier alpha value is -0.960. The zero-order valence-electron chi connectivity index (χ0n) is 12.2. The van der Waals surface area contributed by atoms with E-state index in [0.717, 1.165) is 0 Å². The van der Waals surface area contributed by atoms with Crippen LogP contribution in [0.4, 0.5) is 0 Å². The summed E-state index contributed by atoms with van der Waals surface area (Å²) in [7, 11) is -2.02. The molecule has 1 aromatic rings. The maximum atomic E-state index is 12.5. The summed E-state index contributed by atoms with van der Waals surface area (Å²) in [5.74, 6) is 0. The van der Waals surface area contributed by atoms with Gasteiger partial charge in [0.05, 0.1) is 12.8 Å². The molecule has 1 rings (SSSR count). The number of rotatable bonds is 9. The Balaban J connectivity index is 2.93. The van der Waals surface area contributed by atoms with Gasteiger partial charge in [0.25, 0.3) is 0 Å². The molecule has 116 valence electrons. The van der Waals surface area contributed by atoms with E-state index in [1.165, 1.54) is 21.4 Å². The van der Waals surface area contributed by atoms with Crippen molar-refractivity contribution in [3.05, 3.63) is 12.4 Å². The Morgan fingerprint density at radius 2 is 2.25 bits per heavy atom. The van der Waals surface area contributed by atoms with Gasteiger partial charge in [-0.05, 0) is 13.3 Å². The second-order valence-electron chi connectivity index (χ2n) is 4.53. The van der Waals surface area contributed by atoms with Crippen LogP contribution in [0, 0.1) is 0 Å². The van der Waals surface area contributed by atoms with Crippen molar-refractivity contribution in [2.45, 2.75) is 37.8 Å². The Morgan fingerprint density at radius 1 is 1.55 bits per heavy atom. The summed E-state index contributed by atoms with van der Waals surface area (Å²) in [4.78, 5) is 0.167. The minimum atomic E-state index is -3.57. The first kappa shape index (κ1) is 17.1. The van der Waals surface area contributed by atoms with E-state index in [1.54, 1.807) is 21.0 Å². The van der Waals surface area contributed by atoms with Crippen LogP contribution in [0.2, 0.25) is 0 Å². The Bertz CT molecular complexity index is 501. The lowest BCUT2D eigenvalue weighted by atomic mass is 10.4. The molecule has 0 fully saturated rings. The predicted molar refractivity (Wildman–Crippen MR) is 74.8 cm³/mol. The molecule has 0 amide bonds. The molecule has 8 heteroatoms. The average molecular weight is 305 g/mol. The van der Waals surface area contributed by atoms with E-state index in [1.807, 2.05) is 0 Å². The standard InChI is InChI=1S/C12H23N3O4S/c1-4-15(11(2)10-19-3)20(17,18)12-8-13-14(9-12)6-5-7-16/h8-9,11,16H,4-7,10H2,1-3H3. The fourth-order valence-electron chi connectivity index (χ4n) is 2.01. The van der Waals surface area contributed by atoms with Gasteiger partial charge in [-0.2, -0.15) is 9.40 Å². The zero-order chi connectivity index (χ0) is 15.2. The molecule has 0 aliphatic heterocycles. The van der Waals surface area contributed by atoms with Crippen LogP contribution in [0.15, 0.2) is 17.3 Å². The highest BCUT2D eigenvalue weighted by Crippen LogP contribution is 2.17. The third kappa shape index (κ3) is 4.02. The molecule has 0 radical (unpaired) electrons. The van der Waals surface area contributed by atoms with Crippen molar-refractivity contribution in [3.8, 4) is 0 Å². The van der Waals surface area contributed by atoms with Gasteiger partial charge in [-0.25, -0.2) is 8.42 Å².